The number of hydrogen-bond donors (Lipinski definition) is 2. The fraction of sp³-hybridized carbons (Fsp3) is 0.125. The molecule has 32 heavy (non-hydrogen) atoms. The van der Waals surface area contributed by atoms with Crippen molar-refractivity contribution in [3.63, 3.8) is 0 Å². The number of rotatable bonds is 8. The Morgan fingerprint density at radius 3 is 2.22 bits per heavy atom. The summed E-state index contributed by atoms with van der Waals surface area (Å²) in [5, 5.41) is 5.65. The van der Waals surface area contributed by atoms with Crippen molar-refractivity contribution in [3.8, 4) is 11.5 Å². The van der Waals surface area contributed by atoms with Crippen LogP contribution in [0.2, 0.25) is 0 Å². The minimum atomic E-state index is -0.432. The van der Waals surface area contributed by atoms with Gasteiger partial charge in [0.25, 0.3) is 5.91 Å². The minimum absolute atomic E-state index is 0.114. The summed E-state index contributed by atoms with van der Waals surface area (Å²) in [6, 6.07) is 22.8. The van der Waals surface area contributed by atoms with Gasteiger partial charge in [0.2, 0.25) is 0 Å². The maximum atomic E-state index is 12.7. The van der Waals surface area contributed by atoms with Gasteiger partial charge in [-0.2, -0.15) is 0 Å². The maximum Gasteiger partial charge on any atom is 0.337 e. The predicted molar refractivity (Wildman–Crippen MR) is 125 cm³/mol. The minimum Gasteiger partial charge on any atom is -0.490 e. The predicted octanol–water partition coefficient (Wildman–Crippen LogP) is 4.06. The van der Waals surface area contributed by atoms with Gasteiger partial charge in [0, 0.05) is 5.69 Å². The first kappa shape index (κ1) is 22.8. The van der Waals surface area contributed by atoms with Crippen LogP contribution in [-0.4, -0.2) is 37.3 Å². The third kappa shape index (κ3) is 6.55. The van der Waals surface area contributed by atoms with E-state index in [9.17, 15) is 9.59 Å². The normalized spacial score (nSPS) is 10.0. The molecule has 3 rings (SSSR count). The van der Waals surface area contributed by atoms with E-state index in [-0.39, 0.29) is 11.7 Å². The Bertz CT molecular complexity index is 1070. The van der Waals surface area contributed by atoms with E-state index in [1.807, 2.05) is 30.3 Å². The van der Waals surface area contributed by atoms with Crippen LogP contribution in [0.25, 0.3) is 0 Å². The van der Waals surface area contributed by atoms with Gasteiger partial charge in [-0.05, 0) is 60.7 Å². The Labute approximate surface area is 191 Å². The fourth-order valence-electron chi connectivity index (χ4n) is 2.75. The first-order valence-corrected chi connectivity index (χ1v) is 10.2. The topological polar surface area (TPSA) is 85.9 Å². The van der Waals surface area contributed by atoms with Crippen molar-refractivity contribution in [2.45, 2.75) is 0 Å². The molecule has 164 valence electrons. The number of amides is 1. The molecule has 3 aromatic rings. The Morgan fingerprint density at radius 1 is 0.844 bits per heavy atom. The van der Waals surface area contributed by atoms with Gasteiger partial charge in [-0.1, -0.05) is 30.3 Å². The molecule has 0 fully saturated rings. The maximum absolute atomic E-state index is 12.7. The van der Waals surface area contributed by atoms with Crippen molar-refractivity contribution >= 4 is 34.9 Å². The lowest BCUT2D eigenvalue weighted by atomic mass is 10.2. The van der Waals surface area contributed by atoms with Crippen molar-refractivity contribution in [1.82, 2.24) is 5.32 Å². The van der Waals surface area contributed by atoms with Gasteiger partial charge >= 0.3 is 5.97 Å². The molecule has 0 saturated carbocycles. The molecule has 0 aromatic heterocycles. The standard InChI is InChI=1S/C24H22N2O5S/c1-29-23(28)17-11-13-18(14-12-17)25-24(32)26-22(27)20-9-5-6-10-21(20)31-16-15-30-19-7-3-2-4-8-19/h2-14H,15-16H2,1H3,(H2,25,26,27,32). The second kappa shape index (κ2) is 11.5. The number of ether oxygens (including phenoxy) is 3. The molecule has 2 N–H and O–H groups in total. The van der Waals surface area contributed by atoms with E-state index in [1.54, 1.807) is 48.5 Å². The summed E-state index contributed by atoms with van der Waals surface area (Å²) in [6.07, 6.45) is 0. The number of hydrogen-bond acceptors (Lipinski definition) is 6. The van der Waals surface area contributed by atoms with Gasteiger partial charge in [-0.15, -0.1) is 0 Å². The van der Waals surface area contributed by atoms with Crippen LogP contribution in [0.5, 0.6) is 11.5 Å². The van der Waals surface area contributed by atoms with Gasteiger partial charge in [0.05, 0.1) is 18.2 Å². The van der Waals surface area contributed by atoms with Gasteiger partial charge in [-0.3, -0.25) is 10.1 Å². The fourth-order valence-corrected chi connectivity index (χ4v) is 2.96. The second-order valence-corrected chi connectivity index (χ2v) is 6.89. The number of benzene rings is 3. The lowest BCUT2D eigenvalue weighted by Crippen LogP contribution is -2.34. The molecule has 0 aliphatic carbocycles. The van der Waals surface area contributed by atoms with E-state index in [1.165, 1.54) is 7.11 Å². The summed E-state index contributed by atoms with van der Waals surface area (Å²) in [7, 11) is 1.32. The van der Waals surface area contributed by atoms with Gasteiger partial charge in [0.1, 0.15) is 24.7 Å². The zero-order chi connectivity index (χ0) is 22.8. The van der Waals surface area contributed by atoms with Crippen LogP contribution >= 0.6 is 12.2 Å². The number of esters is 1. The highest BCUT2D eigenvalue weighted by molar-refractivity contribution is 7.80. The quantitative estimate of drug-likeness (QED) is 0.304. The van der Waals surface area contributed by atoms with Crippen LogP contribution in [-0.2, 0) is 4.74 Å². The zero-order valence-electron chi connectivity index (χ0n) is 17.4. The van der Waals surface area contributed by atoms with Crippen molar-refractivity contribution in [2.24, 2.45) is 0 Å². The summed E-state index contributed by atoms with van der Waals surface area (Å²) in [4.78, 5) is 24.2. The lowest BCUT2D eigenvalue weighted by Gasteiger charge is -2.13. The summed E-state index contributed by atoms with van der Waals surface area (Å²) >= 11 is 5.23. The third-order valence-corrected chi connectivity index (χ3v) is 4.48. The average molecular weight is 451 g/mol. The Balaban J connectivity index is 1.53. The number of nitrogens with one attached hydrogen (secondary N) is 2. The number of anilines is 1. The van der Waals surface area contributed by atoms with Crippen LogP contribution in [0.1, 0.15) is 20.7 Å². The SMILES string of the molecule is COC(=O)c1ccc(NC(=S)NC(=O)c2ccccc2OCCOc2ccccc2)cc1. The van der Waals surface area contributed by atoms with Crippen LogP contribution in [0.15, 0.2) is 78.9 Å². The monoisotopic (exact) mass is 450 g/mol. The van der Waals surface area contributed by atoms with Crippen molar-refractivity contribution in [3.05, 3.63) is 90.0 Å². The molecular weight excluding hydrogens is 428 g/mol. The van der Waals surface area contributed by atoms with Crippen LogP contribution in [0.4, 0.5) is 5.69 Å². The molecule has 1 amide bonds. The molecule has 0 heterocycles. The van der Waals surface area contributed by atoms with E-state index < -0.39 is 11.9 Å². The van der Waals surface area contributed by atoms with Crippen LogP contribution in [0, 0.1) is 0 Å². The molecule has 0 saturated heterocycles. The second-order valence-electron chi connectivity index (χ2n) is 6.48. The lowest BCUT2D eigenvalue weighted by molar-refractivity contribution is 0.0600. The number of carbonyl (C=O) groups excluding carboxylic acids is 2. The molecule has 0 unspecified atom stereocenters. The molecule has 8 heteroatoms. The van der Waals surface area contributed by atoms with E-state index in [4.69, 9.17) is 21.7 Å². The average Bonchev–Trinajstić information content (AvgIpc) is 2.82. The largest absolute Gasteiger partial charge is 0.490 e. The number of methoxy groups -OCH3 is 1. The zero-order valence-corrected chi connectivity index (χ0v) is 18.2. The summed E-state index contributed by atoms with van der Waals surface area (Å²) < 4.78 is 16.0. The van der Waals surface area contributed by atoms with Crippen LogP contribution < -0.4 is 20.1 Å². The highest BCUT2D eigenvalue weighted by Crippen LogP contribution is 2.18. The number of thiocarbonyl (C=S) groups is 1. The molecule has 0 radical (unpaired) electrons. The van der Waals surface area contributed by atoms with E-state index in [2.05, 4.69) is 15.4 Å². The highest BCUT2D eigenvalue weighted by Gasteiger charge is 2.14. The third-order valence-electron chi connectivity index (χ3n) is 4.28. The first-order valence-electron chi connectivity index (χ1n) is 9.77. The summed E-state index contributed by atoms with van der Waals surface area (Å²) in [5.41, 5.74) is 1.37. The summed E-state index contributed by atoms with van der Waals surface area (Å²) in [5.74, 6) is 0.330. The molecule has 3 aromatic carbocycles. The molecule has 0 bridgehead atoms. The molecule has 0 spiro atoms. The van der Waals surface area contributed by atoms with Crippen LogP contribution in [0.3, 0.4) is 0 Å². The Hall–Kier alpha value is -3.91. The summed E-state index contributed by atoms with van der Waals surface area (Å²) in [6.45, 7) is 0.607. The molecule has 7 nitrogen and oxygen atoms in total. The number of carbonyl (C=O) groups is 2. The highest BCUT2D eigenvalue weighted by atomic mass is 32.1. The van der Waals surface area contributed by atoms with Crippen molar-refractivity contribution in [1.29, 1.82) is 0 Å². The smallest absolute Gasteiger partial charge is 0.337 e. The first-order chi connectivity index (χ1) is 15.6. The Morgan fingerprint density at radius 2 is 1.50 bits per heavy atom. The molecule has 0 aliphatic heterocycles. The van der Waals surface area contributed by atoms with E-state index in [0.717, 1.165) is 5.75 Å². The van der Waals surface area contributed by atoms with E-state index >= 15 is 0 Å². The van der Waals surface area contributed by atoms with Gasteiger partial charge in [0.15, 0.2) is 5.11 Å². The molecular formula is C24H22N2O5S. The van der Waals surface area contributed by atoms with Gasteiger partial charge < -0.3 is 19.5 Å². The molecule has 0 atom stereocenters. The van der Waals surface area contributed by atoms with Crippen molar-refractivity contribution in [2.75, 3.05) is 25.6 Å². The van der Waals surface area contributed by atoms with Crippen molar-refractivity contribution < 1.29 is 23.8 Å². The Kier molecular flexibility index (Phi) is 8.16. The molecule has 0 aliphatic rings. The van der Waals surface area contributed by atoms with E-state index in [0.29, 0.717) is 29.2 Å². The van der Waals surface area contributed by atoms with Gasteiger partial charge in [-0.25, -0.2) is 4.79 Å². The number of para-hydroxylation sites is 2.